The van der Waals surface area contributed by atoms with E-state index in [-0.39, 0.29) is 17.9 Å². The number of benzene rings is 2. The van der Waals surface area contributed by atoms with Gasteiger partial charge in [0, 0.05) is 17.5 Å². The summed E-state index contributed by atoms with van der Waals surface area (Å²) in [6.07, 6.45) is 9.33. The Labute approximate surface area is 204 Å². The monoisotopic (exact) mass is 471 g/mol. The quantitative estimate of drug-likeness (QED) is 0.317. The normalized spacial score (nSPS) is 21.7. The van der Waals surface area contributed by atoms with Crippen molar-refractivity contribution in [3.05, 3.63) is 71.4 Å². The molecule has 6 heteroatoms. The largest absolute Gasteiger partial charge is 0.459 e. The highest BCUT2D eigenvalue weighted by Crippen LogP contribution is 2.43. The molecule has 0 bridgehead atoms. The minimum Gasteiger partial charge on any atom is -0.459 e. The van der Waals surface area contributed by atoms with Gasteiger partial charge in [-0.2, -0.15) is 0 Å². The molecule has 0 aliphatic heterocycles. The molecule has 2 aromatic carbocycles. The number of nitrogens with zero attached hydrogens (tertiary/aromatic N) is 2. The van der Waals surface area contributed by atoms with Crippen molar-refractivity contribution >= 4 is 27.9 Å². The number of halogens is 1. The Morgan fingerprint density at radius 2 is 1.83 bits per heavy atom. The number of esters is 1. The van der Waals surface area contributed by atoms with E-state index < -0.39 is 0 Å². The van der Waals surface area contributed by atoms with E-state index in [1.807, 2.05) is 24.4 Å². The molecule has 0 radical (unpaired) electrons. The lowest BCUT2D eigenvalue weighted by molar-refractivity contribution is 0.00902. The maximum atomic E-state index is 13.9. The van der Waals surface area contributed by atoms with Gasteiger partial charge in [0.15, 0.2) is 0 Å². The van der Waals surface area contributed by atoms with Crippen LogP contribution in [0.25, 0.3) is 21.9 Å². The zero-order chi connectivity index (χ0) is 23.9. The summed E-state index contributed by atoms with van der Waals surface area (Å²) in [5, 5.41) is 0.938. The van der Waals surface area contributed by atoms with Crippen molar-refractivity contribution in [3.63, 3.8) is 0 Å². The second-order valence-corrected chi connectivity index (χ2v) is 10.3. The highest BCUT2D eigenvalue weighted by molar-refractivity contribution is 5.93. The van der Waals surface area contributed by atoms with E-state index in [1.165, 1.54) is 11.6 Å². The van der Waals surface area contributed by atoms with Crippen LogP contribution in [0.2, 0.25) is 0 Å². The Kier molecular flexibility index (Phi) is 5.75. The van der Waals surface area contributed by atoms with Crippen LogP contribution in [0.4, 0.5) is 4.39 Å². The third-order valence-corrected chi connectivity index (χ3v) is 8.15. The van der Waals surface area contributed by atoms with Gasteiger partial charge in [-0.3, -0.25) is 4.98 Å². The van der Waals surface area contributed by atoms with Crippen LogP contribution in [0.15, 0.2) is 48.7 Å². The number of hydrogen-bond donors (Lipinski definition) is 1. The lowest BCUT2D eigenvalue weighted by Gasteiger charge is -2.32. The second-order valence-electron chi connectivity index (χ2n) is 10.3. The predicted octanol–water partition coefficient (Wildman–Crippen LogP) is 7.04. The first kappa shape index (κ1) is 22.2. The zero-order valence-corrected chi connectivity index (χ0v) is 20.0. The molecule has 2 aliphatic carbocycles. The maximum Gasteiger partial charge on any atom is 0.338 e. The summed E-state index contributed by atoms with van der Waals surface area (Å²) < 4.78 is 19.5. The van der Waals surface area contributed by atoms with E-state index in [2.05, 4.69) is 23.0 Å². The first-order valence-corrected chi connectivity index (χ1v) is 12.8. The van der Waals surface area contributed by atoms with Gasteiger partial charge < -0.3 is 9.72 Å². The minimum absolute atomic E-state index is 0.0786. The Balaban J connectivity index is 1.15. The highest BCUT2D eigenvalue weighted by Gasteiger charge is 2.29. The summed E-state index contributed by atoms with van der Waals surface area (Å²) in [5.41, 5.74) is 4.41. The summed E-state index contributed by atoms with van der Waals surface area (Å²) in [6, 6.07) is 12.5. The van der Waals surface area contributed by atoms with Crippen LogP contribution in [0.5, 0.6) is 0 Å². The molecule has 0 saturated heterocycles. The Hall–Kier alpha value is -3.28. The van der Waals surface area contributed by atoms with Gasteiger partial charge in [-0.05, 0) is 105 Å². The highest BCUT2D eigenvalue weighted by atomic mass is 19.1. The molecule has 2 saturated carbocycles. The lowest BCUT2D eigenvalue weighted by atomic mass is 9.73. The van der Waals surface area contributed by atoms with Gasteiger partial charge in [-0.25, -0.2) is 14.2 Å². The molecule has 2 aromatic heterocycles. The molecular formula is C29H30FN3O2. The topological polar surface area (TPSA) is 67.9 Å². The van der Waals surface area contributed by atoms with Crippen LogP contribution in [-0.2, 0) is 4.74 Å². The molecule has 2 aliphatic rings. The Morgan fingerprint density at radius 3 is 2.60 bits per heavy atom. The van der Waals surface area contributed by atoms with Crippen molar-refractivity contribution in [2.75, 3.05) is 0 Å². The number of pyridine rings is 1. The number of carbonyl (C=O) groups is 1. The van der Waals surface area contributed by atoms with Crippen molar-refractivity contribution < 1.29 is 13.9 Å². The molecule has 4 aromatic rings. The number of fused-ring (bicyclic) bond motifs is 2. The number of nitrogens with one attached hydrogen (secondary N) is 1. The summed E-state index contributed by atoms with van der Waals surface area (Å²) in [7, 11) is 0. The zero-order valence-electron chi connectivity index (χ0n) is 20.0. The van der Waals surface area contributed by atoms with Crippen molar-refractivity contribution in [1.82, 2.24) is 15.0 Å². The molecule has 0 amide bonds. The molecule has 180 valence electrons. The second kappa shape index (κ2) is 9.06. The van der Waals surface area contributed by atoms with Gasteiger partial charge in [0.2, 0.25) is 0 Å². The van der Waals surface area contributed by atoms with E-state index in [1.54, 1.807) is 12.1 Å². The number of rotatable bonds is 5. The van der Waals surface area contributed by atoms with E-state index in [9.17, 15) is 9.18 Å². The Morgan fingerprint density at radius 1 is 1.03 bits per heavy atom. The van der Waals surface area contributed by atoms with Gasteiger partial charge in [-0.1, -0.05) is 6.92 Å². The van der Waals surface area contributed by atoms with E-state index in [0.717, 1.165) is 72.7 Å². The SMILES string of the molecule is CC(c1nc2ccc(C(=O)OC3CCC3)cc2[nH]1)C1CCC(c2ccnc3ccc(F)cc23)CC1. The number of hydrogen-bond acceptors (Lipinski definition) is 4. The third-order valence-electron chi connectivity index (χ3n) is 8.15. The molecule has 35 heavy (non-hydrogen) atoms. The molecule has 0 spiro atoms. The molecule has 6 rings (SSSR count). The number of aromatic amines is 1. The van der Waals surface area contributed by atoms with Gasteiger partial charge in [0.1, 0.15) is 17.7 Å². The van der Waals surface area contributed by atoms with Crippen LogP contribution in [-0.4, -0.2) is 27.0 Å². The van der Waals surface area contributed by atoms with Crippen LogP contribution in [0.1, 0.15) is 85.5 Å². The van der Waals surface area contributed by atoms with Crippen LogP contribution >= 0.6 is 0 Å². The lowest BCUT2D eigenvalue weighted by Crippen LogP contribution is -2.25. The molecule has 1 unspecified atom stereocenters. The molecule has 2 heterocycles. The molecule has 1 N–H and O–H groups in total. The summed E-state index contributed by atoms with van der Waals surface area (Å²) >= 11 is 0. The van der Waals surface area contributed by atoms with Crippen molar-refractivity contribution in [3.8, 4) is 0 Å². The van der Waals surface area contributed by atoms with Gasteiger partial charge >= 0.3 is 5.97 Å². The average molecular weight is 472 g/mol. The first-order chi connectivity index (χ1) is 17.0. The average Bonchev–Trinajstić information content (AvgIpc) is 3.29. The molecule has 5 nitrogen and oxygen atoms in total. The number of aromatic nitrogens is 3. The summed E-state index contributed by atoms with van der Waals surface area (Å²) in [4.78, 5) is 25.2. The van der Waals surface area contributed by atoms with Gasteiger partial charge in [-0.15, -0.1) is 0 Å². The third kappa shape index (κ3) is 4.30. The smallest absolute Gasteiger partial charge is 0.338 e. The number of imidazole rings is 1. The minimum atomic E-state index is -0.248. The van der Waals surface area contributed by atoms with Crippen molar-refractivity contribution in [2.24, 2.45) is 5.92 Å². The van der Waals surface area contributed by atoms with Crippen LogP contribution in [0.3, 0.4) is 0 Å². The first-order valence-electron chi connectivity index (χ1n) is 12.8. The summed E-state index contributed by atoms with van der Waals surface area (Å²) in [6.45, 7) is 2.24. The maximum absolute atomic E-state index is 13.9. The summed E-state index contributed by atoms with van der Waals surface area (Å²) in [5.74, 6) is 1.76. The fourth-order valence-electron chi connectivity index (χ4n) is 5.73. The number of H-pyrrole nitrogens is 1. The van der Waals surface area contributed by atoms with Crippen LogP contribution in [0, 0.1) is 11.7 Å². The van der Waals surface area contributed by atoms with E-state index in [0.29, 0.717) is 23.3 Å². The van der Waals surface area contributed by atoms with Crippen LogP contribution < -0.4 is 0 Å². The fourth-order valence-corrected chi connectivity index (χ4v) is 5.73. The van der Waals surface area contributed by atoms with Gasteiger partial charge in [0.05, 0.1) is 22.1 Å². The molecular weight excluding hydrogens is 441 g/mol. The van der Waals surface area contributed by atoms with E-state index in [4.69, 9.17) is 9.72 Å². The van der Waals surface area contributed by atoms with E-state index >= 15 is 0 Å². The molecule has 1 atom stereocenters. The number of carbonyl (C=O) groups excluding carboxylic acids is 1. The van der Waals surface area contributed by atoms with Crippen molar-refractivity contribution in [2.45, 2.75) is 69.8 Å². The molecule has 2 fully saturated rings. The van der Waals surface area contributed by atoms with Gasteiger partial charge in [0.25, 0.3) is 0 Å². The Bertz CT molecular complexity index is 1390. The number of ether oxygens (including phenoxy) is 1. The standard InChI is InChI=1S/C29H30FN3O2/c1-17(28-32-26-11-9-20(15-27(26)33-28)29(34)35-22-3-2-4-22)18-5-7-19(8-6-18)23-13-14-31-25-12-10-21(30)16-24(23)25/h9-19,22H,2-8H2,1H3,(H,32,33). The fraction of sp³-hybridized carbons (Fsp3) is 0.414. The predicted molar refractivity (Wildman–Crippen MR) is 134 cm³/mol. The van der Waals surface area contributed by atoms with Crippen molar-refractivity contribution in [1.29, 1.82) is 0 Å².